The van der Waals surface area contributed by atoms with E-state index in [2.05, 4.69) is 19.2 Å². The summed E-state index contributed by atoms with van der Waals surface area (Å²) in [6.07, 6.45) is 3.35. The summed E-state index contributed by atoms with van der Waals surface area (Å²) in [6, 6.07) is 1.87. The van der Waals surface area contributed by atoms with Crippen LogP contribution in [-0.4, -0.2) is 6.04 Å². The predicted octanol–water partition coefficient (Wildman–Crippen LogP) is 4.02. The van der Waals surface area contributed by atoms with Gasteiger partial charge in [-0.3, -0.25) is 0 Å². The Balaban J connectivity index is 1.97. The first kappa shape index (κ1) is 14.4. The fourth-order valence-corrected chi connectivity index (χ4v) is 2.91. The molecule has 1 fully saturated rings. The van der Waals surface area contributed by atoms with Crippen LogP contribution in [0.3, 0.4) is 0 Å². The van der Waals surface area contributed by atoms with Gasteiger partial charge in [-0.1, -0.05) is 13.8 Å². The molecule has 4 heteroatoms. The first-order valence-electron chi connectivity index (χ1n) is 6.84. The summed E-state index contributed by atoms with van der Waals surface area (Å²) in [5.41, 5.74) is 0.185. The van der Waals surface area contributed by atoms with Gasteiger partial charge in [0.25, 0.3) is 0 Å². The second-order valence-electron chi connectivity index (χ2n) is 5.74. The third-order valence-corrected chi connectivity index (χ3v) is 4.08. The molecule has 1 aliphatic rings. The van der Waals surface area contributed by atoms with Gasteiger partial charge < -0.3 is 5.32 Å². The molecular weight excluding hydrogens is 251 g/mol. The summed E-state index contributed by atoms with van der Waals surface area (Å²) in [5.74, 6) is -1.57. The second-order valence-corrected chi connectivity index (χ2v) is 5.74. The Morgan fingerprint density at radius 3 is 2.42 bits per heavy atom. The number of hydrogen-bond acceptors (Lipinski definition) is 1. The van der Waals surface area contributed by atoms with Gasteiger partial charge in [-0.2, -0.15) is 0 Å². The van der Waals surface area contributed by atoms with Crippen molar-refractivity contribution in [1.29, 1.82) is 0 Å². The molecule has 0 amide bonds. The highest BCUT2D eigenvalue weighted by molar-refractivity contribution is 5.20. The average molecular weight is 271 g/mol. The minimum Gasteiger partial charge on any atom is -0.310 e. The molecule has 3 atom stereocenters. The lowest BCUT2D eigenvalue weighted by Gasteiger charge is -2.33. The number of rotatable bonds is 3. The van der Waals surface area contributed by atoms with Gasteiger partial charge >= 0.3 is 0 Å². The normalized spacial score (nSPS) is 27.5. The second kappa shape index (κ2) is 5.95. The van der Waals surface area contributed by atoms with Crippen molar-refractivity contribution in [1.82, 2.24) is 5.32 Å². The van der Waals surface area contributed by atoms with Crippen molar-refractivity contribution >= 4 is 0 Å². The van der Waals surface area contributed by atoms with Crippen LogP contribution in [0, 0.1) is 29.3 Å². The summed E-state index contributed by atoms with van der Waals surface area (Å²) in [4.78, 5) is 0. The molecule has 0 radical (unpaired) electrons. The van der Waals surface area contributed by atoms with Crippen LogP contribution in [-0.2, 0) is 6.54 Å². The number of nitrogens with one attached hydrogen (secondary N) is 1. The van der Waals surface area contributed by atoms with Crippen molar-refractivity contribution in [2.45, 2.75) is 45.7 Å². The highest BCUT2D eigenvalue weighted by Crippen LogP contribution is 2.28. The zero-order valence-electron chi connectivity index (χ0n) is 11.3. The van der Waals surface area contributed by atoms with Gasteiger partial charge in [0.15, 0.2) is 11.6 Å². The number of hydrogen-bond donors (Lipinski definition) is 1. The van der Waals surface area contributed by atoms with E-state index in [0.717, 1.165) is 31.2 Å². The van der Waals surface area contributed by atoms with E-state index >= 15 is 0 Å². The van der Waals surface area contributed by atoms with Crippen LogP contribution in [0.4, 0.5) is 13.2 Å². The Hall–Kier alpha value is -1.03. The fourth-order valence-electron chi connectivity index (χ4n) is 2.91. The van der Waals surface area contributed by atoms with Crippen LogP contribution in [0.1, 0.15) is 38.7 Å². The van der Waals surface area contributed by atoms with Gasteiger partial charge in [0, 0.05) is 24.2 Å². The van der Waals surface area contributed by atoms with Crippen LogP contribution < -0.4 is 5.32 Å². The summed E-state index contributed by atoms with van der Waals surface area (Å²) < 4.78 is 39.4. The lowest BCUT2D eigenvalue weighted by molar-refractivity contribution is 0.226. The van der Waals surface area contributed by atoms with Gasteiger partial charge in [0.1, 0.15) is 5.82 Å². The van der Waals surface area contributed by atoms with Crippen LogP contribution >= 0.6 is 0 Å². The molecule has 0 spiro atoms. The van der Waals surface area contributed by atoms with Crippen molar-refractivity contribution in [2.75, 3.05) is 0 Å². The molecule has 0 bridgehead atoms. The van der Waals surface area contributed by atoms with Crippen LogP contribution in [0.2, 0.25) is 0 Å². The molecule has 1 N–H and O–H groups in total. The maximum absolute atomic E-state index is 13.5. The Morgan fingerprint density at radius 2 is 1.74 bits per heavy atom. The highest BCUT2D eigenvalue weighted by atomic mass is 19.2. The topological polar surface area (TPSA) is 12.0 Å². The van der Waals surface area contributed by atoms with E-state index in [1.165, 1.54) is 0 Å². The maximum atomic E-state index is 13.5. The molecule has 1 saturated carbocycles. The summed E-state index contributed by atoms with van der Waals surface area (Å²) in [7, 11) is 0. The van der Waals surface area contributed by atoms with Gasteiger partial charge in [-0.05, 0) is 37.2 Å². The molecule has 3 unspecified atom stereocenters. The van der Waals surface area contributed by atoms with Crippen molar-refractivity contribution in [3.63, 3.8) is 0 Å². The minimum atomic E-state index is -1.14. The molecular formula is C15H20F3N. The Kier molecular flexibility index (Phi) is 4.50. The van der Waals surface area contributed by atoms with E-state index < -0.39 is 17.5 Å². The maximum Gasteiger partial charge on any atom is 0.161 e. The van der Waals surface area contributed by atoms with Crippen LogP contribution in [0.15, 0.2) is 12.1 Å². The molecule has 1 aromatic carbocycles. The smallest absolute Gasteiger partial charge is 0.161 e. The van der Waals surface area contributed by atoms with Crippen molar-refractivity contribution in [2.24, 2.45) is 11.8 Å². The molecule has 0 saturated heterocycles. The standard InChI is InChI=1S/C15H20F3N/c1-9-3-4-15(10(2)5-9)19-8-11-6-13(17)14(18)7-12(11)16/h6-7,9-10,15,19H,3-5,8H2,1-2H3. The molecule has 106 valence electrons. The predicted molar refractivity (Wildman–Crippen MR) is 69.1 cm³/mol. The number of benzene rings is 1. The van der Waals surface area contributed by atoms with Crippen LogP contribution in [0.25, 0.3) is 0 Å². The average Bonchev–Trinajstić information content (AvgIpc) is 2.34. The fraction of sp³-hybridized carbons (Fsp3) is 0.600. The van der Waals surface area contributed by atoms with E-state index in [0.29, 0.717) is 18.0 Å². The molecule has 0 aromatic heterocycles. The molecule has 1 aliphatic carbocycles. The summed E-state index contributed by atoms with van der Waals surface area (Å²) >= 11 is 0. The third-order valence-electron chi connectivity index (χ3n) is 4.08. The van der Waals surface area contributed by atoms with E-state index in [1.807, 2.05) is 0 Å². The van der Waals surface area contributed by atoms with E-state index in [1.54, 1.807) is 0 Å². The van der Waals surface area contributed by atoms with Crippen molar-refractivity contribution < 1.29 is 13.2 Å². The minimum absolute atomic E-state index is 0.185. The van der Waals surface area contributed by atoms with Gasteiger partial charge in [0.2, 0.25) is 0 Å². The zero-order valence-corrected chi connectivity index (χ0v) is 11.3. The first-order valence-corrected chi connectivity index (χ1v) is 6.84. The van der Waals surface area contributed by atoms with E-state index in [4.69, 9.17) is 0 Å². The number of halogens is 3. The van der Waals surface area contributed by atoms with E-state index in [-0.39, 0.29) is 12.1 Å². The lowest BCUT2D eigenvalue weighted by atomic mass is 9.80. The zero-order chi connectivity index (χ0) is 14.0. The largest absolute Gasteiger partial charge is 0.310 e. The molecule has 2 rings (SSSR count). The molecule has 0 aliphatic heterocycles. The first-order chi connectivity index (χ1) is 8.97. The Bertz CT molecular complexity index is 447. The molecule has 1 aromatic rings. The SMILES string of the molecule is CC1CCC(NCc2cc(F)c(F)cc2F)C(C)C1. The van der Waals surface area contributed by atoms with Crippen molar-refractivity contribution in [3.05, 3.63) is 35.1 Å². The summed E-state index contributed by atoms with van der Waals surface area (Å²) in [6.45, 7) is 4.66. The van der Waals surface area contributed by atoms with Gasteiger partial charge in [0.05, 0.1) is 0 Å². The van der Waals surface area contributed by atoms with Crippen LogP contribution in [0.5, 0.6) is 0 Å². The molecule has 0 heterocycles. The highest BCUT2D eigenvalue weighted by Gasteiger charge is 2.25. The Morgan fingerprint density at radius 1 is 1.05 bits per heavy atom. The third kappa shape index (κ3) is 3.50. The lowest BCUT2D eigenvalue weighted by Crippen LogP contribution is -2.38. The molecule has 19 heavy (non-hydrogen) atoms. The summed E-state index contributed by atoms with van der Waals surface area (Å²) in [5, 5.41) is 3.27. The Labute approximate surface area is 112 Å². The van der Waals surface area contributed by atoms with Crippen molar-refractivity contribution in [3.8, 4) is 0 Å². The monoisotopic (exact) mass is 271 g/mol. The molecule has 1 nitrogen and oxygen atoms in total. The van der Waals surface area contributed by atoms with Gasteiger partial charge in [-0.15, -0.1) is 0 Å². The quantitative estimate of drug-likeness (QED) is 0.819. The van der Waals surface area contributed by atoms with E-state index in [9.17, 15) is 13.2 Å². The van der Waals surface area contributed by atoms with Gasteiger partial charge in [-0.25, -0.2) is 13.2 Å².